The van der Waals surface area contributed by atoms with Gasteiger partial charge in [0.2, 0.25) is 0 Å². The summed E-state index contributed by atoms with van der Waals surface area (Å²) < 4.78 is 8.59. The minimum atomic E-state index is -0.657. The van der Waals surface area contributed by atoms with Gasteiger partial charge in [0.15, 0.2) is 6.10 Å². The maximum absolute atomic E-state index is 12.8. The topological polar surface area (TPSA) is 56.1 Å². The molecule has 2 atom stereocenters. The van der Waals surface area contributed by atoms with Crippen LogP contribution in [0.2, 0.25) is 0 Å². The van der Waals surface area contributed by atoms with Crippen LogP contribution in [0.5, 0.6) is 5.75 Å². The molecule has 3 aromatic rings. The first-order chi connectivity index (χ1) is 13.0. The number of aromatic nitrogens is 2. The maximum Gasteiger partial charge on any atom is 0.261 e. The molecule has 1 N–H and O–H groups in total. The lowest BCUT2D eigenvalue weighted by Crippen LogP contribution is -2.39. The summed E-state index contributed by atoms with van der Waals surface area (Å²) in [5, 5.41) is 3.06. The van der Waals surface area contributed by atoms with Crippen LogP contribution in [0.25, 0.3) is 0 Å². The third kappa shape index (κ3) is 4.57. The van der Waals surface area contributed by atoms with E-state index in [-0.39, 0.29) is 11.9 Å². The van der Waals surface area contributed by atoms with Crippen molar-refractivity contribution >= 4 is 21.8 Å². The number of hydrogen-bond donors (Lipinski definition) is 1. The Kier molecular flexibility index (Phi) is 5.96. The Bertz CT molecular complexity index is 924. The second kappa shape index (κ2) is 8.39. The van der Waals surface area contributed by atoms with Crippen LogP contribution in [0.3, 0.4) is 0 Å². The third-order valence-corrected chi connectivity index (χ3v) is 4.92. The van der Waals surface area contributed by atoms with Crippen LogP contribution in [0.1, 0.15) is 29.9 Å². The molecular weight excluding hydrogens is 406 g/mol. The number of benzene rings is 2. The molecule has 1 heterocycles. The van der Waals surface area contributed by atoms with Gasteiger partial charge in [-0.2, -0.15) is 0 Å². The fourth-order valence-corrected chi connectivity index (χ4v) is 3.39. The number of aryl methyl sites for hydroxylation is 2. The predicted molar refractivity (Wildman–Crippen MR) is 109 cm³/mol. The lowest BCUT2D eigenvalue weighted by Gasteiger charge is -2.22. The quantitative estimate of drug-likeness (QED) is 0.642. The first kappa shape index (κ1) is 19.2. The molecule has 0 unspecified atom stereocenters. The molecule has 140 valence electrons. The van der Waals surface area contributed by atoms with E-state index in [9.17, 15) is 4.79 Å². The van der Waals surface area contributed by atoms with E-state index in [0.717, 1.165) is 21.4 Å². The van der Waals surface area contributed by atoms with E-state index in [0.29, 0.717) is 5.75 Å². The highest BCUT2D eigenvalue weighted by molar-refractivity contribution is 9.10. The minimum Gasteiger partial charge on any atom is -0.480 e. The lowest BCUT2D eigenvalue weighted by atomic mass is 10.1. The highest BCUT2D eigenvalue weighted by Crippen LogP contribution is 2.27. The maximum atomic E-state index is 12.8. The standard InChI is InChI=1S/C21H22BrN3O2/c1-14-9-10-18(17(22)13-14)27-15(2)21(26)24-19(16-7-5-4-6-8-16)20-23-11-12-25(20)3/h4-13,15,19H,1-3H3,(H,24,26)/t15-,19-/m1/s1. The summed E-state index contributed by atoms with van der Waals surface area (Å²) in [5.41, 5.74) is 2.08. The van der Waals surface area contributed by atoms with Crippen molar-refractivity contribution in [3.63, 3.8) is 0 Å². The van der Waals surface area contributed by atoms with Crippen LogP contribution in [0.4, 0.5) is 0 Å². The van der Waals surface area contributed by atoms with Crippen LogP contribution >= 0.6 is 15.9 Å². The van der Waals surface area contributed by atoms with Crippen LogP contribution in [0.15, 0.2) is 65.4 Å². The van der Waals surface area contributed by atoms with E-state index < -0.39 is 6.10 Å². The normalized spacial score (nSPS) is 13.0. The summed E-state index contributed by atoms with van der Waals surface area (Å²) in [5.74, 6) is 1.19. The van der Waals surface area contributed by atoms with E-state index in [1.54, 1.807) is 13.1 Å². The second-order valence-electron chi connectivity index (χ2n) is 6.44. The highest BCUT2D eigenvalue weighted by Gasteiger charge is 2.24. The lowest BCUT2D eigenvalue weighted by molar-refractivity contribution is -0.127. The summed E-state index contributed by atoms with van der Waals surface area (Å²) in [6, 6.07) is 15.2. The molecule has 3 rings (SSSR count). The van der Waals surface area contributed by atoms with Gasteiger partial charge < -0.3 is 14.6 Å². The molecule has 27 heavy (non-hydrogen) atoms. The summed E-state index contributed by atoms with van der Waals surface area (Å²) in [7, 11) is 1.91. The molecule has 0 bridgehead atoms. The van der Waals surface area contributed by atoms with Crippen LogP contribution in [-0.2, 0) is 11.8 Å². The molecule has 1 aromatic heterocycles. The molecule has 0 spiro atoms. The van der Waals surface area contributed by atoms with Gasteiger partial charge in [0.05, 0.1) is 4.47 Å². The summed E-state index contributed by atoms with van der Waals surface area (Å²) >= 11 is 3.48. The number of imidazole rings is 1. The van der Waals surface area contributed by atoms with Gasteiger partial charge >= 0.3 is 0 Å². The van der Waals surface area contributed by atoms with Crippen molar-refractivity contribution in [1.82, 2.24) is 14.9 Å². The number of ether oxygens (including phenoxy) is 1. The van der Waals surface area contributed by atoms with E-state index >= 15 is 0 Å². The van der Waals surface area contributed by atoms with E-state index in [1.165, 1.54) is 0 Å². The molecule has 2 aromatic carbocycles. The van der Waals surface area contributed by atoms with Crippen LogP contribution in [-0.4, -0.2) is 21.6 Å². The third-order valence-electron chi connectivity index (χ3n) is 4.30. The molecule has 0 fully saturated rings. The number of carbonyl (C=O) groups is 1. The molecule has 0 saturated carbocycles. The average molecular weight is 428 g/mol. The summed E-state index contributed by atoms with van der Waals surface area (Å²) in [6.07, 6.45) is 2.93. The number of amides is 1. The van der Waals surface area contributed by atoms with Crippen molar-refractivity contribution < 1.29 is 9.53 Å². The molecule has 5 nitrogen and oxygen atoms in total. The van der Waals surface area contributed by atoms with Gasteiger partial charge in [-0.15, -0.1) is 0 Å². The highest BCUT2D eigenvalue weighted by atomic mass is 79.9. The molecule has 0 aliphatic carbocycles. The summed E-state index contributed by atoms with van der Waals surface area (Å²) in [6.45, 7) is 3.74. The number of hydrogen-bond acceptors (Lipinski definition) is 3. The number of nitrogens with zero attached hydrogens (tertiary/aromatic N) is 2. The fraction of sp³-hybridized carbons (Fsp3) is 0.238. The Balaban J connectivity index is 1.79. The van der Waals surface area contributed by atoms with Crippen molar-refractivity contribution in [3.05, 3.63) is 82.3 Å². The molecule has 1 amide bonds. The minimum absolute atomic E-state index is 0.209. The van der Waals surface area contributed by atoms with Gasteiger partial charge in [-0.25, -0.2) is 4.98 Å². The van der Waals surface area contributed by atoms with Gasteiger partial charge in [0.1, 0.15) is 17.6 Å². The number of carbonyl (C=O) groups excluding carboxylic acids is 1. The van der Waals surface area contributed by atoms with Crippen molar-refractivity contribution in [2.45, 2.75) is 26.0 Å². The van der Waals surface area contributed by atoms with Crippen molar-refractivity contribution in [2.24, 2.45) is 7.05 Å². The first-order valence-corrected chi connectivity index (χ1v) is 9.50. The van der Waals surface area contributed by atoms with E-state index in [2.05, 4.69) is 26.2 Å². The predicted octanol–water partition coefficient (Wildman–Crippen LogP) is 4.16. The zero-order valence-electron chi connectivity index (χ0n) is 15.5. The van der Waals surface area contributed by atoms with E-state index in [1.807, 2.05) is 73.3 Å². The van der Waals surface area contributed by atoms with Gasteiger partial charge in [-0.05, 0) is 53.0 Å². The van der Waals surface area contributed by atoms with Crippen molar-refractivity contribution in [3.8, 4) is 5.75 Å². The van der Waals surface area contributed by atoms with Gasteiger partial charge in [-0.3, -0.25) is 4.79 Å². The zero-order chi connectivity index (χ0) is 19.4. The largest absolute Gasteiger partial charge is 0.480 e. The second-order valence-corrected chi connectivity index (χ2v) is 7.30. The van der Waals surface area contributed by atoms with Gasteiger partial charge in [-0.1, -0.05) is 36.4 Å². The Hall–Kier alpha value is -2.60. The van der Waals surface area contributed by atoms with Crippen molar-refractivity contribution in [2.75, 3.05) is 0 Å². The molecular formula is C21H22BrN3O2. The van der Waals surface area contributed by atoms with Gasteiger partial charge in [0, 0.05) is 19.4 Å². The average Bonchev–Trinajstić information content (AvgIpc) is 3.08. The van der Waals surface area contributed by atoms with E-state index in [4.69, 9.17) is 4.74 Å². The SMILES string of the molecule is Cc1ccc(O[C@H](C)C(=O)N[C@H](c2ccccc2)c2nccn2C)c(Br)c1. The fourth-order valence-electron chi connectivity index (χ4n) is 2.80. The molecule has 0 saturated heterocycles. The van der Waals surface area contributed by atoms with Crippen LogP contribution < -0.4 is 10.1 Å². The Morgan fingerprint density at radius 2 is 1.96 bits per heavy atom. The molecule has 0 aliphatic heterocycles. The van der Waals surface area contributed by atoms with Crippen LogP contribution in [0, 0.1) is 6.92 Å². The molecule has 0 radical (unpaired) electrons. The Morgan fingerprint density at radius 1 is 1.22 bits per heavy atom. The summed E-state index contributed by atoms with van der Waals surface area (Å²) in [4.78, 5) is 17.2. The Morgan fingerprint density at radius 3 is 2.59 bits per heavy atom. The Labute approximate surface area is 167 Å². The zero-order valence-corrected chi connectivity index (χ0v) is 17.1. The van der Waals surface area contributed by atoms with Gasteiger partial charge in [0.25, 0.3) is 5.91 Å². The van der Waals surface area contributed by atoms with Crippen molar-refractivity contribution in [1.29, 1.82) is 0 Å². The smallest absolute Gasteiger partial charge is 0.261 e. The molecule has 6 heteroatoms. The monoisotopic (exact) mass is 427 g/mol. The molecule has 0 aliphatic rings. The number of halogens is 1. The first-order valence-electron chi connectivity index (χ1n) is 8.71. The number of rotatable bonds is 6. The number of nitrogens with one attached hydrogen (secondary N) is 1.